The van der Waals surface area contributed by atoms with Crippen molar-refractivity contribution in [3.8, 4) is 0 Å². The molecule has 2 heterocycles. The molecule has 1 amide bonds. The summed E-state index contributed by atoms with van der Waals surface area (Å²) in [5, 5.41) is 13.4. The van der Waals surface area contributed by atoms with Gasteiger partial charge in [0.2, 0.25) is 0 Å². The molecule has 1 aromatic rings. The second-order valence-corrected chi connectivity index (χ2v) is 5.82. The first-order chi connectivity index (χ1) is 9.93. The Bertz CT molecular complexity index is 536. The maximum atomic E-state index is 12.7. The van der Waals surface area contributed by atoms with E-state index in [1.807, 2.05) is 26.8 Å². The summed E-state index contributed by atoms with van der Waals surface area (Å²) in [5.74, 6) is -0.690. The Kier molecular flexibility index (Phi) is 4.65. The number of aryl methyl sites for hydroxylation is 1. The van der Waals surface area contributed by atoms with Gasteiger partial charge >= 0.3 is 5.97 Å². The summed E-state index contributed by atoms with van der Waals surface area (Å²) in [5.41, 5.74) is 1.47. The fraction of sp³-hybridized carbons (Fsp3) is 0.667. The maximum absolute atomic E-state index is 12.7. The molecule has 0 spiro atoms. The Morgan fingerprint density at radius 1 is 1.48 bits per heavy atom. The standard InChI is InChI=1S/C15H23N3O3/c1-4-18-13(9-12(16-18)10(2)3)15(21)17-7-5-6-11(17)8-14(19)20/h9-11H,4-8H2,1-3H3,(H,19,20). The van der Waals surface area contributed by atoms with E-state index in [0.29, 0.717) is 18.8 Å². The molecule has 0 saturated carbocycles. The van der Waals surface area contributed by atoms with E-state index in [9.17, 15) is 9.59 Å². The molecule has 116 valence electrons. The molecule has 2 rings (SSSR count). The van der Waals surface area contributed by atoms with Gasteiger partial charge in [0.25, 0.3) is 5.91 Å². The number of nitrogens with zero attached hydrogens (tertiary/aromatic N) is 3. The normalized spacial score (nSPS) is 18.5. The third kappa shape index (κ3) is 3.25. The molecule has 1 aliphatic heterocycles. The molecule has 0 aliphatic carbocycles. The minimum atomic E-state index is -0.855. The predicted molar refractivity (Wildman–Crippen MR) is 78.3 cm³/mol. The minimum absolute atomic E-state index is 0.0169. The minimum Gasteiger partial charge on any atom is -0.481 e. The number of hydrogen-bond acceptors (Lipinski definition) is 3. The van der Waals surface area contributed by atoms with Crippen LogP contribution in [-0.4, -0.2) is 44.3 Å². The average molecular weight is 293 g/mol. The van der Waals surface area contributed by atoms with Crippen molar-refractivity contribution < 1.29 is 14.7 Å². The molecule has 6 nitrogen and oxygen atoms in total. The van der Waals surface area contributed by atoms with E-state index in [-0.39, 0.29) is 24.3 Å². The summed E-state index contributed by atoms with van der Waals surface area (Å²) < 4.78 is 1.72. The van der Waals surface area contributed by atoms with Crippen molar-refractivity contribution in [1.29, 1.82) is 0 Å². The average Bonchev–Trinajstić information content (AvgIpc) is 3.03. The molecule has 0 radical (unpaired) electrons. The summed E-state index contributed by atoms with van der Waals surface area (Å²) in [6, 6.07) is 1.64. The molecule has 1 atom stereocenters. The van der Waals surface area contributed by atoms with Crippen molar-refractivity contribution in [2.75, 3.05) is 6.54 Å². The SMILES string of the molecule is CCn1nc(C(C)C)cc1C(=O)N1CCCC1CC(=O)O. The highest BCUT2D eigenvalue weighted by molar-refractivity contribution is 5.93. The quantitative estimate of drug-likeness (QED) is 0.902. The van der Waals surface area contributed by atoms with Gasteiger partial charge in [0.05, 0.1) is 12.1 Å². The number of carboxylic acids is 1. The lowest BCUT2D eigenvalue weighted by atomic mass is 10.1. The van der Waals surface area contributed by atoms with Gasteiger partial charge in [-0.15, -0.1) is 0 Å². The highest BCUT2D eigenvalue weighted by Gasteiger charge is 2.32. The van der Waals surface area contributed by atoms with Gasteiger partial charge in [-0.2, -0.15) is 5.10 Å². The zero-order chi connectivity index (χ0) is 15.6. The summed E-state index contributed by atoms with van der Waals surface area (Å²) in [4.78, 5) is 25.3. The van der Waals surface area contributed by atoms with E-state index in [4.69, 9.17) is 5.11 Å². The summed E-state index contributed by atoms with van der Waals surface area (Å²) in [6.45, 7) is 7.29. The Labute approximate surface area is 124 Å². The third-order valence-corrected chi connectivity index (χ3v) is 3.96. The van der Waals surface area contributed by atoms with E-state index in [0.717, 1.165) is 18.5 Å². The fourth-order valence-corrected chi connectivity index (χ4v) is 2.80. The highest BCUT2D eigenvalue weighted by atomic mass is 16.4. The van der Waals surface area contributed by atoms with Gasteiger partial charge in [-0.05, 0) is 31.7 Å². The lowest BCUT2D eigenvalue weighted by molar-refractivity contribution is -0.137. The molecule has 6 heteroatoms. The Balaban J connectivity index is 2.24. The number of carbonyl (C=O) groups is 2. The number of rotatable bonds is 5. The van der Waals surface area contributed by atoms with Crippen molar-refractivity contribution in [3.63, 3.8) is 0 Å². The number of carboxylic acid groups (broad SMARTS) is 1. The van der Waals surface area contributed by atoms with Crippen LogP contribution in [0.25, 0.3) is 0 Å². The molecule has 0 aromatic carbocycles. The number of aliphatic carboxylic acids is 1. The largest absolute Gasteiger partial charge is 0.481 e. The van der Waals surface area contributed by atoms with Crippen molar-refractivity contribution in [1.82, 2.24) is 14.7 Å². The van der Waals surface area contributed by atoms with Crippen LogP contribution in [0.1, 0.15) is 62.1 Å². The number of amides is 1. The second kappa shape index (κ2) is 6.28. The number of hydrogen-bond donors (Lipinski definition) is 1. The van der Waals surface area contributed by atoms with E-state index >= 15 is 0 Å². The molecule has 1 aliphatic rings. The highest BCUT2D eigenvalue weighted by Crippen LogP contribution is 2.24. The summed E-state index contributed by atoms with van der Waals surface area (Å²) in [6.07, 6.45) is 1.64. The fourth-order valence-electron chi connectivity index (χ4n) is 2.80. The van der Waals surface area contributed by atoms with E-state index in [1.54, 1.807) is 9.58 Å². The van der Waals surface area contributed by atoms with E-state index in [1.165, 1.54) is 0 Å². The zero-order valence-corrected chi connectivity index (χ0v) is 12.9. The third-order valence-electron chi connectivity index (χ3n) is 3.96. The number of carbonyl (C=O) groups excluding carboxylic acids is 1. The Morgan fingerprint density at radius 3 is 2.76 bits per heavy atom. The number of aromatic nitrogens is 2. The predicted octanol–water partition coefficient (Wildman–Crippen LogP) is 2.11. The topological polar surface area (TPSA) is 75.4 Å². The van der Waals surface area contributed by atoms with Crippen LogP contribution in [0.2, 0.25) is 0 Å². The first-order valence-electron chi connectivity index (χ1n) is 7.54. The van der Waals surface area contributed by atoms with Gasteiger partial charge in [0.15, 0.2) is 0 Å². The van der Waals surface area contributed by atoms with Crippen LogP contribution in [-0.2, 0) is 11.3 Å². The molecule has 1 N–H and O–H groups in total. The van der Waals surface area contributed by atoms with Crippen LogP contribution in [0, 0.1) is 0 Å². The van der Waals surface area contributed by atoms with Crippen LogP contribution in [0.4, 0.5) is 0 Å². The molecule has 1 fully saturated rings. The van der Waals surface area contributed by atoms with Gasteiger partial charge in [0.1, 0.15) is 5.69 Å². The Morgan fingerprint density at radius 2 is 2.19 bits per heavy atom. The smallest absolute Gasteiger partial charge is 0.305 e. The first kappa shape index (κ1) is 15.5. The summed E-state index contributed by atoms with van der Waals surface area (Å²) >= 11 is 0. The van der Waals surface area contributed by atoms with Gasteiger partial charge in [0, 0.05) is 19.1 Å². The monoisotopic (exact) mass is 293 g/mol. The molecule has 1 unspecified atom stereocenters. The van der Waals surface area contributed by atoms with Crippen LogP contribution >= 0.6 is 0 Å². The molecule has 1 aromatic heterocycles. The van der Waals surface area contributed by atoms with Gasteiger partial charge in [-0.1, -0.05) is 13.8 Å². The van der Waals surface area contributed by atoms with E-state index in [2.05, 4.69) is 5.10 Å². The van der Waals surface area contributed by atoms with Crippen LogP contribution < -0.4 is 0 Å². The van der Waals surface area contributed by atoms with Crippen molar-refractivity contribution in [3.05, 3.63) is 17.5 Å². The zero-order valence-electron chi connectivity index (χ0n) is 12.9. The molecular weight excluding hydrogens is 270 g/mol. The van der Waals surface area contributed by atoms with Crippen LogP contribution in [0.15, 0.2) is 6.07 Å². The molecule has 21 heavy (non-hydrogen) atoms. The Hall–Kier alpha value is -1.85. The molecule has 1 saturated heterocycles. The first-order valence-corrected chi connectivity index (χ1v) is 7.54. The van der Waals surface area contributed by atoms with Gasteiger partial charge < -0.3 is 10.0 Å². The van der Waals surface area contributed by atoms with Crippen LogP contribution in [0.3, 0.4) is 0 Å². The van der Waals surface area contributed by atoms with Crippen molar-refractivity contribution in [2.45, 2.75) is 58.5 Å². The van der Waals surface area contributed by atoms with Crippen molar-refractivity contribution in [2.24, 2.45) is 0 Å². The maximum Gasteiger partial charge on any atom is 0.305 e. The molecular formula is C15H23N3O3. The second-order valence-electron chi connectivity index (χ2n) is 5.82. The van der Waals surface area contributed by atoms with Crippen LogP contribution in [0.5, 0.6) is 0 Å². The van der Waals surface area contributed by atoms with Crippen molar-refractivity contribution >= 4 is 11.9 Å². The lowest BCUT2D eigenvalue weighted by Crippen LogP contribution is -2.37. The molecule has 0 bridgehead atoms. The summed E-state index contributed by atoms with van der Waals surface area (Å²) in [7, 11) is 0. The van der Waals surface area contributed by atoms with Gasteiger partial charge in [-0.25, -0.2) is 0 Å². The van der Waals surface area contributed by atoms with Gasteiger partial charge in [-0.3, -0.25) is 14.3 Å². The lowest BCUT2D eigenvalue weighted by Gasteiger charge is -2.23. The van der Waals surface area contributed by atoms with E-state index < -0.39 is 5.97 Å². The number of likely N-dealkylation sites (tertiary alicyclic amines) is 1.